The third-order valence-electron chi connectivity index (χ3n) is 3.01. The lowest BCUT2D eigenvalue weighted by Gasteiger charge is -2.22. The topological polar surface area (TPSA) is 29.5 Å². The van der Waals surface area contributed by atoms with Crippen LogP contribution in [0.4, 0.5) is 0 Å². The van der Waals surface area contributed by atoms with Gasteiger partial charge in [0.1, 0.15) is 6.10 Å². The van der Waals surface area contributed by atoms with Crippen molar-refractivity contribution in [1.29, 1.82) is 0 Å². The van der Waals surface area contributed by atoms with Crippen molar-refractivity contribution < 1.29 is 9.84 Å². The molecule has 0 bridgehead atoms. The van der Waals surface area contributed by atoms with Crippen LogP contribution in [0.2, 0.25) is 0 Å². The predicted octanol–water partition coefficient (Wildman–Crippen LogP) is 3.15. The summed E-state index contributed by atoms with van der Waals surface area (Å²) in [5.41, 5.74) is 3.41. The number of hydrogen-bond donors (Lipinski definition) is 1. The maximum absolute atomic E-state index is 10.2. The van der Waals surface area contributed by atoms with Crippen LogP contribution in [0, 0.1) is 13.8 Å². The van der Waals surface area contributed by atoms with Crippen molar-refractivity contribution in [1.82, 2.24) is 0 Å². The summed E-state index contributed by atoms with van der Waals surface area (Å²) in [7, 11) is 0. The van der Waals surface area contributed by atoms with Gasteiger partial charge in [-0.1, -0.05) is 25.1 Å². The second kappa shape index (κ2) is 6.02. The number of aliphatic hydroxyl groups is 1. The Kier molecular flexibility index (Phi) is 4.97. The van der Waals surface area contributed by atoms with Gasteiger partial charge in [-0.15, -0.1) is 0 Å². The van der Waals surface area contributed by atoms with Gasteiger partial charge in [-0.05, 0) is 43.9 Å². The number of benzene rings is 1. The van der Waals surface area contributed by atoms with Gasteiger partial charge in [0.05, 0.1) is 6.10 Å². The maximum atomic E-state index is 10.2. The van der Waals surface area contributed by atoms with Crippen LogP contribution in [-0.4, -0.2) is 17.8 Å². The molecule has 2 heteroatoms. The molecule has 0 radical (unpaired) electrons. The van der Waals surface area contributed by atoms with Crippen molar-refractivity contribution in [3.8, 4) is 0 Å². The molecule has 0 saturated heterocycles. The Morgan fingerprint density at radius 2 is 1.88 bits per heavy atom. The highest BCUT2D eigenvalue weighted by Crippen LogP contribution is 2.23. The Hall–Kier alpha value is -0.860. The Bertz CT molecular complexity index is 334. The SMILES string of the molecule is CCOC(CC)C(O)c1ccc(C)c(C)c1. The molecule has 90 valence electrons. The van der Waals surface area contributed by atoms with Crippen LogP contribution in [0.25, 0.3) is 0 Å². The minimum Gasteiger partial charge on any atom is -0.386 e. The van der Waals surface area contributed by atoms with E-state index in [0.29, 0.717) is 6.61 Å². The Balaban J connectivity index is 2.85. The van der Waals surface area contributed by atoms with Gasteiger partial charge >= 0.3 is 0 Å². The molecule has 1 aromatic rings. The quantitative estimate of drug-likeness (QED) is 0.829. The van der Waals surface area contributed by atoms with Gasteiger partial charge < -0.3 is 9.84 Å². The minimum atomic E-state index is -0.524. The van der Waals surface area contributed by atoms with E-state index in [9.17, 15) is 5.11 Å². The first kappa shape index (κ1) is 13.2. The summed E-state index contributed by atoms with van der Waals surface area (Å²) in [6, 6.07) is 6.07. The monoisotopic (exact) mass is 222 g/mol. The van der Waals surface area contributed by atoms with E-state index in [2.05, 4.69) is 13.8 Å². The van der Waals surface area contributed by atoms with Crippen LogP contribution >= 0.6 is 0 Å². The normalized spacial score (nSPS) is 14.8. The van der Waals surface area contributed by atoms with Gasteiger partial charge in [0, 0.05) is 6.61 Å². The molecule has 0 aromatic heterocycles. The van der Waals surface area contributed by atoms with E-state index in [0.717, 1.165) is 12.0 Å². The molecule has 0 aliphatic carbocycles. The Morgan fingerprint density at radius 1 is 1.19 bits per heavy atom. The molecule has 1 N–H and O–H groups in total. The summed E-state index contributed by atoms with van der Waals surface area (Å²) < 4.78 is 5.53. The summed E-state index contributed by atoms with van der Waals surface area (Å²) in [5.74, 6) is 0. The van der Waals surface area contributed by atoms with Gasteiger partial charge in [-0.2, -0.15) is 0 Å². The van der Waals surface area contributed by atoms with Crippen LogP contribution in [0.15, 0.2) is 18.2 Å². The van der Waals surface area contributed by atoms with Gasteiger partial charge in [0.15, 0.2) is 0 Å². The summed E-state index contributed by atoms with van der Waals surface area (Å²) in [6.45, 7) is 8.76. The molecule has 2 nitrogen and oxygen atoms in total. The van der Waals surface area contributed by atoms with Crippen molar-refractivity contribution in [2.75, 3.05) is 6.61 Å². The summed E-state index contributed by atoms with van der Waals surface area (Å²) >= 11 is 0. The van der Waals surface area contributed by atoms with Crippen LogP contribution < -0.4 is 0 Å². The lowest BCUT2D eigenvalue weighted by atomic mass is 9.98. The molecule has 0 aliphatic rings. The van der Waals surface area contributed by atoms with Crippen molar-refractivity contribution >= 4 is 0 Å². The fraction of sp³-hybridized carbons (Fsp3) is 0.571. The third kappa shape index (κ3) is 3.06. The number of aliphatic hydroxyl groups excluding tert-OH is 1. The van der Waals surface area contributed by atoms with Gasteiger partial charge in [0.25, 0.3) is 0 Å². The second-order valence-electron chi connectivity index (χ2n) is 4.19. The fourth-order valence-corrected chi connectivity index (χ4v) is 1.81. The van der Waals surface area contributed by atoms with E-state index in [1.165, 1.54) is 11.1 Å². The predicted molar refractivity (Wildman–Crippen MR) is 66.6 cm³/mol. The lowest BCUT2D eigenvalue weighted by Crippen LogP contribution is -2.21. The molecule has 16 heavy (non-hydrogen) atoms. The molecular weight excluding hydrogens is 200 g/mol. The molecule has 0 spiro atoms. The summed E-state index contributed by atoms with van der Waals surface area (Å²) in [5, 5.41) is 10.2. The molecule has 2 atom stereocenters. The Labute approximate surface area is 98.3 Å². The van der Waals surface area contributed by atoms with Gasteiger partial charge in [-0.3, -0.25) is 0 Å². The molecule has 0 amide bonds. The largest absolute Gasteiger partial charge is 0.386 e. The van der Waals surface area contributed by atoms with E-state index in [4.69, 9.17) is 4.74 Å². The number of ether oxygens (including phenoxy) is 1. The summed E-state index contributed by atoms with van der Waals surface area (Å²) in [6.07, 6.45) is 0.193. The molecule has 2 unspecified atom stereocenters. The standard InChI is InChI=1S/C14H22O2/c1-5-13(16-6-2)14(15)12-8-7-10(3)11(4)9-12/h7-9,13-15H,5-6H2,1-4H3. The maximum Gasteiger partial charge on any atom is 0.105 e. The average molecular weight is 222 g/mol. The Morgan fingerprint density at radius 3 is 2.38 bits per heavy atom. The zero-order valence-corrected chi connectivity index (χ0v) is 10.7. The van der Waals surface area contributed by atoms with E-state index in [-0.39, 0.29) is 6.10 Å². The molecular formula is C14H22O2. The number of aryl methyl sites for hydroxylation is 2. The van der Waals surface area contributed by atoms with E-state index in [1.54, 1.807) is 0 Å². The second-order valence-corrected chi connectivity index (χ2v) is 4.19. The van der Waals surface area contributed by atoms with Crippen molar-refractivity contribution in [3.05, 3.63) is 34.9 Å². The van der Waals surface area contributed by atoms with E-state index >= 15 is 0 Å². The minimum absolute atomic E-state index is 0.105. The molecule has 1 rings (SSSR count). The first-order chi connectivity index (χ1) is 7.60. The molecule has 1 aromatic carbocycles. The highest BCUT2D eigenvalue weighted by molar-refractivity contribution is 5.31. The van der Waals surface area contributed by atoms with Gasteiger partial charge in [-0.25, -0.2) is 0 Å². The zero-order valence-electron chi connectivity index (χ0n) is 10.7. The fourth-order valence-electron chi connectivity index (χ4n) is 1.81. The first-order valence-electron chi connectivity index (χ1n) is 5.97. The van der Waals surface area contributed by atoms with Crippen LogP contribution in [0.3, 0.4) is 0 Å². The first-order valence-corrected chi connectivity index (χ1v) is 5.97. The lowest BCUT2D eigenvalue weighted by molar-refractivity contribution is -0.0356. The van der Waals surface area contributed by atoms with Crippen LogP contribution in [-0.2, 0) is 4.74 Å². The highest BCUT2D eigenvalue weighted by Gasteiger charge is 2.19. The van der Waals surface area contributed by atoms with Crippen molar-refractivity contribution in [2.45, 2.75) is 46.3 Å². The zero-order chi connectivity index (χ0) is 12.1. The van der Waals surface area contributed by atoms with E-state index < -0.39 is 6.10 Å². The number of rotatable bonds is 5. The molecule has 0 saturated carbocycles. The third-order valence-corrected chi connectivity index (χ3v) is 3.01. The van der Waals surface area contributed by atoms with Crippen LogP contribution in [0.1, 0.15) is 43.1 Å². The summed E-state index contributed by atoms with van der Waals surface area (Å²) in [4.78, 5) is 0. The van der Waals surface area contributed by atoms with E-state index in [1.807, 2.05) is 32.0 Å². The molecule has 0 aliphatic heterocycles. The van der Waals surface area contributed by atoms with Crippen molar-refractivity contribution in [2.24, 2.45) is 0 Å². The van der Waals surface area contributed by atoms with Crippen molar-refractivity contribution in [3.63, 3.8) is 0 Å². The van der Waals surface area contributed by atoms with Crippen LogP contribution in [0.5, 0.6) is 0 Å². The smallest absolute Gasteiger partial charge is 0.105 e. The average Bonchev–Trinajstić information content (AvgIpc) is 2.28. The van der Waals surface area contributed by atoms with Gasteiger partial charge in [0.2, 0.25) is 0 Å². The molecule has 0 heterocycles. The number of hydrogen-bond acceptors (Lipinski definition) is 2. The highest BCUT2D eigenvalue weighted by atomic mass is 16.5. The molecule has 0 fully saturated rings.